The summed E-state index contributed by atoms with van der Waals surface area (Å²) in [7, 11) is 0. The Hall–Kier alpha value is -1.00. The third kappa shape index (κ3) is 1.49. The van der Waals surface area contributed by atoms with E-state index in [-0.39, 0.29) is 35.4 Å². The van der Waals surface area contributed by atoms with Crippen LogP contribution in [-0.2, 0) is 14.3 Å². The Morgan fingerprint density at radius 3 is 2.95 bits per heavy atom. The molecule has 0 aromatic rings. The Labute approximate surface area is 118 Å². The summed E-state index contributed by atoms with van der Waals surface area (Å²) in [5, 5.41) is 10.5. The zero-order valence-electron chi connectivity index (χ0n) is 11.7. The molecule has 3 aliphatic carbocycles. The van der Waals surface area contributed by atoms with Gasteiger partial charge in [-0.2, -0.15) is 0 Å². The summed E-state index contributed by atoms with van der Waals surface area (Å²) in [4.78, 5) is 24.7. The van der Waals surface area contributed by atoms with Crippen LogP contribution < -0.4 is 0 Å². The van der Waals surface area contributed by atoms with Crippen molar-refractivity contribution in [3.8, 4) is 0 Å². The fourth-order valence-electron chi connectivity index (χ4n) is 5.26. The number of Topliss-reactive ketones (excluding diaryl/α,β-unsaturated/α-hetero) is 1. The van der Waals surface area contributed by atoms with Crippen molar-refractivity contribution in [2.75, 3.05) is 6.61 Å². The molecule has 20 heavy (non-hydrogen) atoms. The third-order valence-corrected chi connectivity index (χ3v) is 6.07. The Balaban J connectivity index is 1.80. The fourth-order valence-corrected chi connectivity index (χ4v) is 5.26. The van der Waals surface area contributed by atoms with E-state index in [2.05, 4.69) is 0 Å². The van der Waals surface area contributed by atoms with Gasteiger partial charge in [0.1, 0.15) is 5.78 Å². The summed E-state index contributed by atoms with van der Waals surface area (Å²) in [6, 6.07) is 0. The molecule has 4 aliphatic rings. The van der Waals surface area contributed by atoms with Gasteiger partial charge >= 0.3 is 0 Å². The van der Waals surface area contributed by atoms with Crippen LogP contribution >= 0.6 is 0 Å². The van der Waals surface area contributed by atoms with E-state index in [0.717, 1.165) is 12.0 Å². The lowest BCUT2D eigenvalue weighted by Crippen LogP contribution is -2.57. The first-order valence-corrected chi connectivity index (χ1v) is 7.55. The Bertz CT molecular complexity index is 523. The number of ketones is 2. The molecule has 1 spiro atoms. The maximum absolute atomic E-state index is 12.7. The average Bonchev–Trinajstić information content (AvgIpc) is 2.71. The lowest BCUT2D eigenvalue weighted by Gasteiger charge is -2.52. The monoisotopic (exact) mass is 276 g/mol. The second-order valence-corrected chi connectivity index (χ2v) is 7.08. The predicted octanol–water partition coefficient (Wildman–Crippen LogP) is 1.27. The first-order chi connectivity index (χ1) is 9.51. The summed E-state index contributed by atoms with van der Waals surface area (Å²) in [5.41, 5.74) is 0.504. The van der Waals surface area contributed by atoms with Crippen LogP contribution in [0.4, 0.5) is 0 Å². The quantitative estimate of drug-likeness (QED) is 0.723. The van der Waals surface area contributed by atoms with Crippen molar-refractivity contribution in [2.45, 2.75) is 44.8 Å². The van der Waals surface area contributed by atoms with Crippen molar-refractivity contribution in [3.05, 3.63) is 11.6 Å². The highest BCUT2D eigenvalue weighted by molar-refractivity contribution is 5.94. The van der Waals surface area contributed by atoms with Crippen molar-refractivity contribution in [2.24, 2.45) is 23.2 Å². The smallest absolute Gasteiger partial charge is 0.155 e. The van der Waals surface area contributed by atoms with Crippen LogP contribution in [0, 0.1) is 23.2 Å². The minimum absolute atomic E-state index is 0.0256. The fraction of sp³-hybridized carbons (Fsp3) is 0.750. The van der Waals surface area contributed by atoms with Gasteiger partial charge < -0.3 is 9.84 Å². The van der Waals surface area contributed by atoms with Crippen LogP contribution in [0.1, 0.15) is 32.6 Å². The molecule has 2 saturated carbocycles. The van der Waals surface area contributed by atoms with Gasteiger partial charge in [-0.25, -0.2) is 0 Å². The van der Waals surface area contributed by atoms with Crippen LogP contribution in [0.2, 0.25) is 0 Å². The first-order valence-electron chi connectivity index (χ1n) is 7.55. The highest BCUT2D eigenvalue weighted by Gasteiger charge is 2.63. The minimum Gasteiger partial charge on any atom is -0.393 e. The van der Waals surface area contributed by atoms with E-state index in [1.54, 1.807) is 6.08 Å². The van der Waals surface area contributed by atoms with Gasteiger partial charge in [-0.1, -0.05) is 5.57 Å². The summed E-state index contributed by atoms with van der Waals surface area (Å²) < 4.78 is 5.73. The van der Waals surface area contributed by atoms with E-state index in [4.69, 9.17) is 4.74 Å². The van der Waals surface area contributed by atoms with Gasteiger partial charge in [0.05, 0.1) is 24.2 Å². The number of aliphatic hydroxyl groups excluding tert-OH is 1. The van der Waals surface area contributed by atoms with Gasteiger partial charge in [-0.15, -0.1) is 0 Å². The largest absolute Gasteiger partial charge is 0.393 e. The summed E-state index contributed by atoms with van der Waals surface area (Å²) in [6.45, 7) is 2.39. The molecule has 0 aromatic heterocycles. The second-order valence-electron chi connectivity index (χ2n) is 7.08. The van der Waals surface area contributed by atoms with Crippen molar-refractivity contribution >= 4 is 11.6 Å². The van der Waals surface area contributed by atoms with Gasteiger partial charge in [0.15, 0.2) is 5.78 Å². The van der Waals surface area contributed by atoms with Crippen LogP contribution in [0.5, 0.6) is 0 Å². The molecule has 0 aromatic carbocycles. The zero-order chi connectivity index (χ0) is 14.1. The van der Waals surface area contributed by atoms with Crippen LogP contribution in [0.3, 0.4) is 0 Å². The predicted molar refractivity (Wildman–Crippen MR) is 70.9 cm³/mol. The zero-order valence-corrected chi connectivity index (χ0v) is 11.7. The summed E-state index contributed by atoms with van der Waals surface area (Å²) in [6.07, 6.45) is 3.55. The van der Waals surface area contributed by atoms with Crippen LogP contribution in [0.15, 0.2) is 11.6 Å². The molecule has 4 unspecified atom stereocenters. The SMILES string of the molecule is CC1=CC(=O)CC2[C@H]3C(O)CC4CC3(CO4)C(=O)C[C@@H]12. The molecule has 4 rings (SSSR count). The first kappa shape index (κ1) is 12.7. The normalized spacial score (nSPS) is 50.5. The molecule has 108 valence electrons. The molecule has 1 N–H and O–H groups in total. The highest BCUT2D eigenvalue weighted by Crippen LogP contribution is 2.59. The number of rotatable bonds is 0. The molecular formula is C16H20O4. The van der Waals surface area contributed by atoms with Crippen LogP contribution in [-0.4, -0.2) is 35.5 Å². The molecule has 4 nitrogen and oxygen atoms in total. The number of carbonyl (C=O) groups excluding carboxylic acids is 2. The molecule has 1 aliphatic heterocycles. The van der Waals surface area contributed by atoms with Crippen molar-refractivity contribution in [1.29, 1.82) is 0 Å². The van der Waals surface area contributed by atoms with Crippen molar-refractivity contribution in [1.82, 2.24) is 0 Å². The molecule has 4 heteroatoms. The third-order valence-electron chi connectivity index (χ3n) is 6.07. The van der Waals surface area contributed by atoms with E-state index >= 15 is 0 Å². The summed E-state index contributed by atoms with van der Waals surface area (Å²) >= 11 is 0. The molecule has 0 radical (unpaired) electrons. The molecule has 0 amide bonds. The van der Waals surface area contributed by atoms with Gasteiger partial charge in [0.2, 0.25) is 0 Å². The number of fused-ring (bicyclic) bond motifs is 3. The number of hydrogen-bond acceptors (Lipinski definition) is 4. The van der Waals surface area contributed by atoms with E-state index in [1.807, 2.05) is 6.92 Å². The van der Waals surface area contributed by atoms with Crippen molar-refractivity contribution < 1.29 is 19.4 Å². The van der Waals surface area contributed by atoms with E-state index < -0.39 is 11.5 Å². The van der Waals surface area contributed by atoms with Gasteiger partial charge in [-0.3, -0.25) is 9.59 Å². The Kier molecular flexibility index (Phi) is 2.55. The standard InChI is InChI=1S/C16H20O4/c1-8-2-9(17)3-12-11(8)5-14(19)16-6-10(20-7-16)4-13(18)15(12)16/h2,10-13,15,18H,3-7H2,1H3/t10?,11-,12?,13?,15-,16?/m0/s1. The Morgan fingerprint density at radius 2 is 2.15 bits per heavy atom. The number of allylic oxidation sites excluding steroid dienone is 2. The molecular weight excluding hydrogens is 256 g/mol. The Morgan fingerprint density at radius 1 is 1.35 bits per heavy atom. The van der Waals surface area contributed by atoms with E-state index in [1.165, 1.54) is 0 Å². The average molecular weight is 276 g/mol. The van der Waals surface area contributed by atoms with Crippen LogP contribution in [0.25, 0.3) is 0 Å². The number of hydrogen-bond donors (Lipinski definition) is 1. The van der Waals surface area contributed by atoms with Crippen molar-refractivity contribution in [3.63, 3.8) is 0 Å². The molecule has 3 fully saturated rings. The maximum Gasteiger partial charge on any atom is 0.155 e. The minimum atomic E-state index is -0.512. The summed E-state index contributed by atoms with van der Waals surface area (Å²) in [5.74, 6) is 0.541. The maximum atomic E-state index is 12.7. The molecule has 1 heterocycles. The lowest BCUT2D eigenvalue weighted by atomic mass is 9.50. The lowest BCUT2D eigenvalue weighted by molar-refractivity contribution is -0.152. The van der Waals surface area contributed by atoms with E-state index in [0.29, 0.717) is 25.9 Å². The topological polar surface area (TPSA) is 63.6 Å². The van der Waals surface area contributed by atoms with E-state index in [9.17, 15) is 14.7 Å². The van der Waals surface area contributed by atoms with Gasteiger partial charge in [-0.05, 0) is 37.7 Å². The molecule has 2 bridgehead atoms. The number of carbonyl (C=O) groups is 2. The molecule has 6 atom stereocenters. The molecule has 1 saturated heterocycles. The second kappa shape index (κ2) is 4.01. The number of aliphatic hydroxyl groups is 1. The van der Waals surface area contributed by atoms with Gasteiger partial charge in [0, 0.05) is 18.8 Å². The number of ether oxygens (including phenoxy) is 1. The highest BCUT2D eigenvalue weighted by atomic mass is 16.5. The van der Waals surface area contributed by atoms with Gasteiger partial charge in [0.25, 0.3) is 0 Å².